The summed E-state index contributed by atoms with van der Waals surface area (Å²) in [7, 11) is 0. The Hall–Kier alpha value is -2.47. The second-order valence-electron chi connectivity index (χ2n) is 6.58. The molecule has 0 bridgehead atoms. The van der Waals surface area contributed by atoms with E-state index in [0.717, 1.165) is 28.5 Å². The molecule has 1 atom stereocenters. The third-order valence-corrected chi connectivity index (χ3v) is 4.12. The van der Waals surface area contributed by atoms with Crippen molar-refractivity contribution in [2.45, 2.75) is 46.8 Å². The van der Waals surface area contributed by atoms with Gasteiger partial charge in [-0.3, -0.25) is 0 Å². The van der Waals surface area contributed by atoms with Gasteiger partial charge in [0.05, 0.1) is 25.4 Å². The zero-order valence-electron chi connectivity index (χ0n) is 17.2. The zero-order valence-corrected chi connectivity index (χ0v) is 18.1. The Labute approximate surface area is 173 Å². The van der Waals surface area contributed by atoms with E-state index in [0.29, 0.717) is 18.3 Å². The van der Waals surface area contributed by atoms with Crippen molar-refractivity contribution >= 4 is 23.0 Å². The first-order valence-corrected chi connectivity index (χ1v) is 10.1. The van der Waals surface area contributed by atoms with E-state index in [1.165, 1.54) is 0 Å². The fraction of sp³-hybridized carbons (Fsp3) is 0.409. The molecule has 0 aliphatic carbocycles. The van der Waals surface area contributed by atoms with Crippen molar-refractivity contribution in [1.29, 1.82) is 0 Å². The fourth-order valence-corrected chi connectivity index (χ4v) is 2.97. The minimum atomic E-state index is 0.0124. The number of rotatable bonds is 9. The maximum Gasteiger partial charge on any atom is 0.171 e. The molecule has 0 amide bonds. The zero-order chi connectivity index (χ0) is 20.5. The first-order valence-electron chi connectivity index (χ1n) is 9.66. The summed E-state index contributed by atoms with van der Waals surface area (Å²) in [5.41, 5.74) is 1.97. The van der Waals surface area contributed by atoms with Gasteiger partial charge >= 0.3 is 0 Å². The number of ether oxygens (including phenoxy) is 3. The SMILES string of the molecule is CCOc1ccc([C@H](C)NC(=S)Nc2ccc(OC(C)C)cc2)cc1OCC. The first-order chi connectivity index (χ1) is 13.4. The van der Waals surface area contributed by atoms with Gasteiger partial charge in [-0.25, -0.2) is 0 Å². The predicted molar refractivity (Wildman–Crippen MR) is 119 cm³/mol. The van der Waals surface area contributed by atoms with Crippen molar-refractivity contribution in [3.05, 3.63) is 48.0 Å². The van der Waals surface area contributed by atoms with Gasteiger partial charge in [0.25, 0.3) is 0 Å². The summed E-state index contributed by atoms with van der Waals surface area (Å²) >= 11 is 5.46. The fourth-order valence-electron chi connectivity index (χ4n) is 2.67. The molecular formula is C22H30N2O3S. The van der Waals surface area contributed by atoms with E-state index >= 15 is 0 Å². The Morgan fingerprint density at radius 1 is 0.929 bits per heavy atom. The van der Waals surface area contributed by atoms with Crippen LogP contribution in [0.3, 0.4) is 0 Å². The number of benzene rings is 2. The lowest BCUT2D eigenvalue weighted by molar-refractivity contribution is 0.242. The predicted octanol–water partition coefficient (Wildman–Crippen LogP) is 5.32. The maximum absolute atomic E-state index is 5.71. The highest BCUT2D eigenvalue weighted by Crippen LogP contribution is 2.30. The summed E-state index contributed by atoms with van der Waals surface area (Å²) in [5.74, 6) is 2.34. The Bertz CT molecular complexity index is 763. The normalized spacial score (nSPS) is 11.6. The summed E-state index contributed by atoms with van der Waals surface area (Å²) in [5, 5.41) is 7.06. The molecule has 0 aliphatic heterocycles. The lowest BCUT2D eigenvalue weighted by atomic mass is 10.1. The summed E-state index contributed by atoms with van der Waals surface area (Å²) in [6, 6.07) is 13.7. The third kappa shape index (κ3) is 6.60. The van der Waals surface area contributed by atoms with Crippen molar-refractivity contribution in [2.75, 3.05) is 18.5 Å². The maximum atomic E-state index is 5.71. The first kappa shape index (κ1) is 21.8. The van der Waals surface area contributed by atoms with Gasteiger partial charge in [-0.05, 0) is 88.8 Å². The van der Waals surface area contributed by atoms with E-state index in [9.17, 15) is 0 Å². The number of thiocarbonyl (C=S) groups is 1. The van der Waals surface area contributed by atoms with Gasteiger partial charge in [-0.15, -0.1) is 0 Å². The summed E-state index contributed by atoms with van der Waals surface area (Å²) in [6.07, 6.45) is 0.151. The molecule has 0 heterocycles. The summed E-state index contributed by atoms with van der Waals surface area (Å²) in [4.78, 5) is 0. The van der Waals surface area contributed by atoms with Crippen molar-refractivity contribution < 1.29 is 14.2 Å². The topological polar surface area (TPSA) is 51.8 Å². The molecule has 0 radical (unpaired) electrons. The van der Waals surface area contributed by atoms with E-state index in [1.807, 2.05) is 70.2 Å². The van der Waals surface area contributed by atoms with Gasteiger partial charge in [0.1, 0.15) is 5.75 Å². The molecule has 0 spiro atoms. The van der Waals surface area contributed by atoms with E-state index in [4.69, 9.17) is 26.4 Å². The van der Waals surface area contributed by atoms with Gasteiger partial charge in [-0.2, -0.15) is 0 Å². The van der Waals surface area contributed by atoms with Crippen LogP contribution in [0.5, 0.6) is 17.2 Å². The third-order valence-electron chi connectivity index (χ3n) is 3.90. The van der Waals surface area contributed by atoms with E-state index < -0.39 is 0 Å². The molecule has 0 fully saturated rings. The molecule has 0 aliphatic rings. The Balaban J connectivity index is 1.98. The van der Waals surface area contributed by atoms with Crippen LogP contribution in [0.25, 0.3) is 0 Å². The average Bonchev–Trinajstić information content (AvgIpc) is 2.64. The Morgan fingerprint density at radius 2 is 1.57 bits per heavy atom. The summed E-state index contributed by atoms with van der Waals surface area (Å²) in [6.45, 7) is 11.2. The molecule has 2 aromatic carbocycles. The molecule has 0 aromatic heterocycles. The minimum Gasteiger partial charge on any atom is -0.491 e. The summed E-state index contributed by atoms with van der Waals surface area (Å²) < 4.78 is 17.0. The highest BCUT2D eigenvalue weighted by Gasteiger charge is 2.12. The Morgan fingerprint density at radius 3 is 2.18 bits per heavy atom. The van der Waals surface area contributed by atoms with Crippen LogP contribution in [-0.2, 0) is 0 Å². The number of hydrogen-bond donors (Lipinski definition) is 2. The van der Waals surface area contributed by atoms with Crippen LogP contribution in [0, 0.1) is 0 Å². The van der Waals surface area contributed by atoms with Crippen LogP contribution >= 0.6 is 12.2 Å². The highest BCUT2D eigenvalue weighted by atomic mass is 32.1. The van der Waals surface area contributed by atoms with E-state index in [2.05, 4.69) is 17.6 Å². The molecule has 2 aromatic rings. The van der Waals surface area contributed by atoms with Crippen LogP contribution in [0.2, 0.25) is 0 Å². The molecule has 5 nitrogen and oxygen atoms in total. The minimum absolute atomic E-state index is 0.0124. The molecule has 152 valence electrons. The molecule has 0 saturated carbocycles. The van der Waals surface area contributed by atoms with Crippen LogP contribution in [0.1, 0.15) is 46.2 Å². The quantitative estimate of drug-likeness (QED) is 0.554. The van der Waals surface area contributed by atoms with Crippen LogP contribution in [0.4, 0.5) is 5.69 Å². The van der Waals surface area contributed by atoms with Gasteiger partial charge in [0, 0.05) is 5.69 Å². The van der Waals surface area contributed by atoms with E-state index in [-0.39, 0.29) is 12.1 Å². The second-order valence-corrected chi connectivity index (χ2v) is 6.99. The standard InChI is InChI=1S/C22H30N2O3S/c1-6-25-20-13-8-17(14-21(20)26-7-2)16(5)23-22(28)24-18-9-11-19(12-10-18)27-15(3)4/h8-16H,6-7H2,1-5H3,(H2,23,24,28)/t16-/m0/s1. The molecule has 28 heavy (non-hydrogen) atoms. The highest BCUT2D eigenvalue weighted by molar-refractivity contribution is 7.80. The number of nitrogens with one attached hydrogen (secondary N) is 2. The van der Waals surface area contributed by atoms with Gasteiger partial charge in [0.15, 0.2) is 16.6 Å². The Kier molecular flexibility index (Phi) is 8.39. The molecule has 2 N–H and O–H groups in total. The lowest BCUT2D eigenvalue weighted by Gasteiger charge is -2.19. The van der Waals surface area contributed by atoms with Crippen LogP contribution < -0.4 is 24.8 Å². The number of hydrogen-bond acceptors (Lipinski definition) is 4. The van der Waals surface area contributed by atoms with Gasteiger partial charge in [-0.1, -0.05) is 6.07 Å². The van der Waals surface area contributed by atoms with Crippen molar-refractivity contribution in [1.82, 2.24) is 5.32 Å². The molecular weight excluding hydrogens is 372 g/mol. The molecule has 6 heteroatoms. The van der Waals surface area contributed by atoms with Crippen molar-refractivity contribution in [3.63, 3.8) is 0 Å². The van der Waals surface area contributed by atoms with Crippen LogP contribution in [-0.4, -0.2) is 24.4 Å². The van der Waals surface area contributed by atoms with Gasteiger partial charge < -0.3 is 24.8 Å². The average molecular weight is 403 g/mol. The molecule has 0 unspecified atom stereocenters. The number of anilines is 1. The largest absolute Gasteiger partial charge is 0.491 e. The van der Waals surface area contributed by atoms with Crippen molar-refractivity contribution in [2.24, 2.45) is 0 Å². The van der Waals surface area contributed by atoms with Gasteiger partial charge in [0.2, 0.25) is 0 Å². The van der Waals surface area contributed by atoms with E-state index in [1.54, 1.807) is 0 Å². The second kappa shape index (κ2) is 10.8. The van der Waals surface area contributed by atoms with Crippen LogP contribution in [0.15, 0.2) is 42.5 Å². The molecule has 0 saturated heterocycles. The monoisotopic (exact) mass is 402 g/mol. The smallest absolute Gasteiger partial charge is 0.171 e. The lowest BCUT2D eigenvalue weighted by Crippen LogP contribution is -2.30. The van der Waals surface area contributed by atoms with Crippen molar-refractivity contribution in [3.8, 4) is 17.2 Å². The molecule has 2 rings (SSSR count).